The second-order valence-corrected chi connectivity index (χ2v) is 5.34. The van der Waals surface area contributed by atoms with E-state index in [9.17, 15) is 9.59 Å². The van der Waals surface area contributed by atoms with Gasteiger partial charge in [-0.2, -0.15) is 0 Å². The predicted octanol–water partition coefficient (Wildman–Crippen LogP) is 1.13. The summed E-state index contributed by atoms with van der Waals surface area (Å²) in [6.45, 7) is 4.61. The molecule has 2 N–H and O–H groups in total. The van der Waals surface area contributed by atoms with Crippen molar-refractivity contribution in [2.45, 2.75) is 20.3 Å². The lowest BCUT2D eigenvalue weighted by Crippen LogP contribution is -2.38. The lowest BCUT2D eigenvalue weighted by atomic mass is 10.1. The van der Waals surface area contributed by atoms with Crippen LogP contribution in [0.15, 0.2) is 18.2 Å². The molecule has 0 spiro atoms. The first-order valence-corrected chi connectivity index (χ1v) is 7.20. The summed E-state index contributed by atoms with van der Waals surface area (Å²) in [4.78, 5) is 23.4. The molecule has 6 nitrogen and oxygen atoms in total. The summed E-state index contributed by atoms with van der Waals surface area (Å²) in [5.74, 6) is 1.16. The number of carbonyl (C=O) groups excluding carboxylic acids is 2. The first kappa shape index (κ1) is 17.8. The average Bonchev–Trinajstić information content (AvgIpc) is 2.50. The standard InChI is InChI=1S/C16H24N2O4/c1-11(2)9-17-16(20)10-18-15(19)8-12-5-6-13(21-3)14(7-12)22-4/h5-7,11H,8-10H2,1-4H3,(H,17,20)(H,18,19). The maximum Gasteiger partial charge on any atom is 0.239 e. The number of methoxy groups -OCH3 is 2. The van der Waals surface area contributed by atoms with Gasteiger partial charge in [-0.05, 0) is 23.6 Å². The molecule has 0 heterocycles. The van der Waals surface area contributed by atoms with Crippen LogP contribution in [0.4, 0.5) is 0 Å². The summed E-state index contributed by atoms with van der Waals surface area (Å²) in [6, 6.07) is 5.29. The molecule has 0 fully saturated rings. The third-order valence-corrected chi connectivity index (χ3v) is 2.97. The van der Waals surface area contributed by atoms with E-state index in [1.54, 1.807) is 32.4 Å². The fraction of sp³-hybridized carbons (Fsp3) is 0.500. The van der Waals surface area contributed by atoms with Crippen LogP contribution in [0.3, 0.4) is 0 Å². The highest BCUT2D eigenvalue weighted by atomic mass is 16.5. The van der Waals surface area contributed by atoms with Crippen molar-refractivity contribution in [2.24, 2.45) is 5.92 Å². The zero-order valence-electron chi connectivity index (χ0n) is 13.6. The van der Waals surface area contributed by atoms with E-state index >= 15 is 0 Å². The SMILES string of the molecule is COc1ccc(CC(=O)NCC(=O)NCC(C)C)cc1OC. The minimum atomic E-state index is -0.216. The fourth-order valence-electron chi connectivity index (χ4n) is 1.80. The minimum Gasteiger partial charge on any atom is -0.493 e. The van der Waals surface area contributed by atoms with Crippen LogP contribution in [0, 0.1) is 5.92 Å². The summed E-state index contributed by atoms with van der Waals surface area (Å²) in [6.07, 6.45) is 0.178. The van der Waals surface area contributed by atoms with E-state index in [2.05, 4.69) is 10.6 Å². The Bertz CT molecular complexity index is 515. The molecule has 22 heavy (non-hydrogen) atoms. The Morgan fingerprint density at radius 1 is 1.05 bits per heavy atom. The largest absolute Gasteiger partial charge is 0.493 e. The highest BCUT2D eigenvalue weighted by Crippen LogP contribution is 2.27. The number of amides is 2. The first-order valence-electron chi connectivity index (χ1n) is 7.20. The number of benzene rings is 1. The van der Waals surface area contributed by atoms with E-state index in [0.29, 0.717) is 24.0 Å². The third kappa shape index (κ3) is 6.03. The average molecular weight is 308 g/mol. The van der Waals surface area contributed by atoms with E-state index in [-0.39, 0.29) is 24.8 Å². The van der Waals surface area contributed by atoms with Crippen molar-refractivity contribution < 1.29 is 19.1 Å². The monoisotopic (exact) mass is 308 g/mol. The van der Waals surface area contributed by atoms with Crippen molar-refractivity contribution >= 4 is 11.8 Å². The highest BCUT2D eigenvalue weighted by Gasteiger charge is 2.09. The van der Waals surface area contributed by atoms with Crippen LogP contribution in [0.5, 0.6) is 11.5 Å². The van der Waals surface area contributed by atoms with Crippen LogP contribution in [0.1, 0.15) is 19.4 Å². The molecule has 0 radical (unpaired) electrons. The number of rotatable bonds is 8. The molecule has 0 unspecified atom stereocenters. The molecular formula is C16H24N2O4. The van der Waals surface area contributed by atoms with Gasteiger partial charge in [0.15, 0.2) is 11.5 Å². The second-order valence-electron chi connectivity index (χ2n) is 5.34. The predicted molar refractivity (Wildman–Crippen MR) is 84.1 cm³/mol. The zero-order chi connectivity index (χ0) is 16.5. The fourth-order valence-corrected chi connectivity index (χ4v) is 1.80. The lowest BCUT2D eigenvalue weighted by molar-refractivity contribution is -0.125. The molecule has 0 aliphatic rings. The van der Waals surface area contributed by atoms with Gasteiger partial charge < -0.3 is 20.1 Å². The summed E-state index contributed by atoms with van der Waals surface area (Å²) in [7, 11) is 3.10. The molecule has 1 aromatic rings. The van der Waals surface area contributed by atoms with Gasteiger partial charge in [-0.15, -0.1) is 0 Å². The van der Waals surface area contributed by atoms with Crippen molar-refractivity contribution in [3.63, 3.8) is 0 Å². The Labute approximate surface area is 131 Å². The zero-order valence-corrected chi connectivity index (χ0v) is 13.6. The van der Waals surface area contributed by atoms with Crippen molar-refractivity contribution in [1.29, 1.82) is 0 Å². The van der Waals surface area contributed by atoms with Gasteiger partial charge >= 0.3 is 0 Å². The van der Waals surface area contributed by atoms with Gasteiger partial charge in [0.1, 0.15) is 0 Å². The molecule has 0 saturated carbocycles. The normalized spacial score (nSPS) is 10.2. The van der Waals surface area contributed by atoms with E-state index in [1.807, 2.05) is 13.8 Å². The maximum atomic E-state index is 11.8. The van der Waals surface area contributed by atoms with Gasteiger partial charge in [0.05, 0.1) is 27.2 Å². The molecule has 2 amide bonds. The van der Waals surface area contributed by atoms with Crippen molar-refractivity contribution in [3.8, 4) is 11.5 Å². The summed E-state index contributed by atoms with van der Waals surface area (Å²) in [5, 5.41) is 5.34. The first-order chi connectivity index (χ1) is 10.5. The van der Waals surface area contributed by atoms with Gasteiger partial charge in [-0.25, -0.2) is 0 Å². The molecule has 0 bridgehead atoms. The molecule has 0 aromatic heterocycles. The van der Waals surface area contributed by atoms with E-state index < -0.39 is 0 Å². The van der Waals surface area contributed by atoms with Gasteiger partial charge in [-0.1, -0.05) is 19.9 Å². The van der Waals surface area contributed by atoms with Gasteiger partial charge in [0, 0.05) is 6.54 Å². The molecule has 0 atom stereocenters. The molecule has 0 aliphatic carbocycles. The number of ether oxygens (including phenoxy) is 2. The molecule has 122 valence electrons. The maximum absolute atomic E-state index is 11.8. The van der Waals surface area contributed by atoms with E-state index in [1.165, 1.54) is 0 Å². The topological polar surface area (TPSA) is 76.7 Å². The number of nitrogens with one attached hydrogen (secondary N) is 2. The Kier molecular flexibility index (Phi) is 7.22. The molecule has 1 aromatic carbocycles. The number of hydrogen-bond acceptors (Lipinski definition) is 4. The minimum absolute atomic E-state index is 0.0150. The van der Waals surface area contributed by atoms with Crippen molar-refractivity contribution in [3.05, 3.63) is 23.8 Å². The van der Waals surface area contributed by atoms with Crippen LogP contribution in [0.25, 0.3) is 0 Å². The Hall–Kier alpha value is -2.24. The van der Waals surface area contributed by atoms with E-state index in [0.717, 1.165) is 5.56 Å². The smallest absolute Gasteiger partial charge is 0.239 e. The van der Waals surface area contributed by atoms with Gasteiger partial charge in [0.2, 0.25) is 11.8 Å². The van der Waals surface area contributed by atoms with Gasteiger partial charge in [0.25, 0.3) is 0 Å². The van der Waals surface area contributed by atoms with Crippen LogP contribution in [-0.2, 0) is 16.0 Å². The molecule has 6 heteroatoms. The number of hydrogen-bond donors (Lipinski definition) is 2. The Morgan fingerprint density at radius 2 is 1.73 bits per heavy atom. The van der Waals surface area contributed by atoms with Crippen molar-refractivity contribution in [2.75, 3.05) is 27.3 Å². The Balaban J connectivity index is 2.46. The number of carbonyl (C=O) groups is 2. The van der Waals surface area contributed by atoms with Crippen LogP contribution >= 0.6 is 0 Å². The Morgan fingerprint density at radius 3 is 2.32 bits per heavy atom. The van der Waals surface area contributed by atoms with Crippen molar-refractivity contribution in [1.82, 2.24) is 10.6 Å². The second kappa shape index (κ2) is 8.92. The molecule has 0 saturated heterocycles. The molecule has 0 aliphatic heterocycles. The molecular weight excluding hydrogens is 284 g/mol. The van der Waals surface area contributed by atoms with Gasteiger partial charge in [-0.3, -0.25) is 9.59 Å². The summed E-state index contributed by atoms with van der Waals surface area (Å²) >= 11 is 0. The van der Waals surface area contributed by atoms with E-state index in [4.69, 9.17) is 9.47 Å². The lowest BCUT2D eigenvalue weighted by Gasteiger charge is -2.10. The van der Waals surface area contributed by atoms with Crippen LogP contribution in [0.2, 0.25) is 0 Å². The quantitative estimate of drug-likeness (QED) is 0.755. The third-order valence-electron chi connectivity index (χ3n) is 2.97. The van der Waals surface area contributed by atoms with Crippen LogP contribution < -0.4 is 20.1 Å². The summed E-state index contributed by atoms with van der Waals surface area (Å²) < 4.78 is 10.3. The highest BCUT2D eigenvalue weighted by molar-refractivity contribution is 5.85. The summed E-state index contributed by atoms with van der Waals surface area (Å²) in [5.41, 5.74) is 0.790. The van der Waals surface area contributed by atoms with Crippen LogP contribution in [-0.4, -0.2) is 39.1 Å². The molecule has 1 rings (SSSR count).